The molecule has 0 unspecified atom stereocenters. The third-order valence-corrected chi connectivity index (χ3v) is 4.48. The van der Waals surface area contributed by atoms with E-state index >= 15 is 0 Å². The normalized spacial score (nSPS) is 17.2. The Labute approximate surface area is 142 Å². The number of amides is 2. The van der Waals surface area contributed by atoms with Crippen molar-refractivity contribution < 1.29 is 19.5 Å². The number of anilines is 2. The lowest BCUT2D eigenvalue weighted by Crippen LogP contribution is -2.35. The molecular formula is C17H13N2O4S-. The van der Waals surface area contributed by atoms with Crippen molar-refractivity contribution in [1.82, 2.24) is 0 Å². The van der Waals surface area contributed by atoms with Crippen molar-refractivity contribution >= 4 is 40.3 Å². The van der Waals surface area contributed by atoms with Gasteiger partial charge >= 0.3 is 0 Å². The second-order valence-electron chi connectivity index (χ2n) is 5.25. The Morgan fingerprint density at radius 1 is 1.17 bits per heavy atom. The summed E-state index contributed by atoms with van der Waals surface area (Å²) in [5.41, 5.74) is 1.50. The Balaban J connectivity index is 1.88. The van der Waals surface area contributed by atoms with E-state index in [1.165, 1.54) is 6.07 Å². The summed E-state index contributed by atoms with van der Waals surface area (Å²) in [6.07, 6.45) is 0. The highest BCUT2D eigenvalue weighted by atomic mass is 32.2. The van der Waals surface area contributed by atoms with Gasteiger partial charge in [-0.15, -0.1) is 0 Å². The number of carboxylic acids is 1. The fraction of sp³-hybridized carbons (Fsp3) is 0.118. The van der Waals surface area contributed by atoms with Gasteiger partial charge in [0.1, 0.15) is 0 Å². The highest BCUT2D eigenvalue weighted by Crippen LogP contribution is 2.33. The zero-order valence-electron chi connectivity index (χ0n) is 12.7. The van der Waals surface area contributed by atoms with Crippen LogP contribution in [0.15, 0.2) is 48.5 Å². The van der Waals surface area contributed by atoms with E-state index in [0.717, 1.165) is 22.2 Å². The lowest BCUT2D eigenvalue weighted by atomic mass is 10.1. The zero-order valence-corrected chi connectivity index (χ0v) is 13.5. The molecule has 24 heavy (non-hydrogen) atoms. The van der Waals surface area contributed by atoms with Crippen molar-refractivity contribution in [2.24, 2.45) is 0 Å². The average molecular weight is 341 g/mol. The Morgan fingerprint density at radius 2 is 1.88 bits per heavy atom. The first-order valence-corrected chi connectivity index (χ1v) is 8.03. The van der Waals surface area contributed by atoms with Crippen LogP contribution < -0.4 is 15.3 Å². The zero-order chi connectivity index (χ0) is 17.3. The van der Waals surface area contributed by atoms with Crippen LogP contribution in [0.4, 0.5) is 16.2 Å². The van der Waals surface area contributed by atoms with Gasteiger partial charge < -0.3 is 15.2 Å². The number of aromatic carboxylic acids is 1. The number of carbonyl (C=O) groups excluding carboxylic acids is 3. The number of nitrogens with one attached hydrogen (secondary N) is 1. The van der Waals surface area contributed by atoms with Crippen LogP contribution in [0, 0.1) is 6.92 Å². The quantitative estimate of drug-likeness (QED) is 0.915. The predicted octanol–water partition coefficient (Wildman–Crippen LogP) is 2.00. The molecule has 1 aliphatic heterocycles. The molecule has 3 rings (SSSR count). The topological polar surface area (TPSA) is 89.5 Å². The number of imide groups is 1. The van der Waals surface area contributed by atoms with E-state index in [0.29, 0.717) is 5.69 Å². The minimum Gasteiger partial charge on any atom is -0.545 e. The van der Waals surface area contributed by atoms with E-state index in [1.54, 1.807) is 49.4 Å². The van der Waals surface area contributed by atoms with Crippen LogP contribution in [0.5, 0.6) is 0 Å². The number of rotatable bonds is 4. The number of hydrogen-bond acceptors (Lipinski definition) is 6. The molecular weight excluding hydrogens is 328 g/mol. The molecule has 2 aromatic carbocycles. The average Bonchev–Trinajstić information content (AvgIpc) is 2.82. The molecule has 0 bridgehead atoms. The predicted molar refractivity (Wildman–Crippen MR) is 89.8 cm³/mol. The standard InChI is InChI=1S/C17H14N2O4S/c1-10-7-8-12(16(21)22)13(9-10)18-14-15(20)19(17(23)24-14)11-5-3-2-4-6-11/h2-9,14,18H,1H3,(H,21,22)/p-1/t14-/m0/s1. The van der Waals surface area contributed by atoms with E-state index in [-0.39, 0.29) is 11.3 Å². The molecule has 0 aliphatic carbocycles. The van der Waals surface area contributed by atoms with Crippen LogP contribution >= 0.6 is 11.8 Å². The van der Waals surface area contributed by atoms with Crippen LogP contribution in [0.25, 0.3) is 0 Å². The summed E-state index contributed by atoms with van der Waals surface area (Å²) in [6.45, 7) is 1.80. The second-order valence-corrected chi connectivity index (χ2v) is 6.31. The maximum Gasteiger partial charge on any atom is 0.295 e. The van der Waals surface area contributed by atoms with Gasteiger partial charge in [-0.1, -0.05) is 30.3 Å². The summed E-state index contributed by atoms with van der Waals surface area (Å²) in [5, 5.41) is 12.8. The number of benzene rings is 2. The fourth-order valence-corrected chi connectivity index (χ4v) is 3.30. The molecule has 0 radical (unpaired) electrons. The van der Waals surface area contributed by atoms with Crippen molar-refractivity contribution in [3.8, 4) is 0 Å². The number of thioether (sulfide) groups is 1. The van der Waals surface area contributed by atoms with Crippen LogP contribution in [-0.4, -0.2) is 22.5 Å². The fourth-order valence-electron chi connectivity index (χ4n) is 2.41. The molecule has 7 heteroatoms. The van der Waals surface area contributed by atoms with Crippen LogP contribution in [0.1, 0.15) is 15.9 Å². The first kappa shape index (κ1) is 16.1. The van der Waals surface area contributed by atoms with Crippen molar-refractivity contribution in [3.63, 3.8) is 0 Å². The largest absolute Gasteiger partial charge is 0.545 e. The maximum absolute atomic E-state index is 12.5. The summed E-state index contributed by atoms with van der Waals surface area (Å²) in [7, 11) is 0. The highest BCUT2D eigenvalue weighted by Gasteiger charge is 2.40. The molecule has 122 valence electrons. The molecule has 6 nitrogen and oxygen atoms in total. The first-order valence-electron chi connectivity index (χ1n) is 7.15. The van der Waals surface area contributed by atoms with Crippen LogP contribution in [-0.2, 0) is 4.79 Å². The SMILES string of the molecule is Cc1ccc(C(=O)[O-])c(N[C@H]2SC(=O)N(c3ccccc3)C2=O)c1. The molecule has 1 fully saturated rings. The molecule has 0 saturated carbocycles. The van der Waals surface area contributed by atoms with Gasteiger partial charge in [-0.25, -0.2) is 4.90 Å². The molecule has 1 aliphatic rings. The van der Waals surface area contributed by atoms with Gasteiger partial charge in [0.25, 0.3) is 11.1 Å². The van der Waals surface area contributed by atoms with Gasteiger partial charge in [0.2, 0.25) is 0 Å². The molecule has 1 atom stereocenters. The van der Waals surface area contributed by atoms with Crippen molar-refractivity contribution in [1.29, 1.82) is 0 Å². The highest BCUT2D eigenvalue weighted by molar-refractivity contribution is 8.16. The number of para-hydroxylation sites is 1. The second kappa shape index (κ2) is 6.37. The van der Waals surface area contributed by atoms with E-state index in [4.69, 9.17) is 0 Å². The third kappa shape index (κ3) is 2.98. The molecule has 0 spiro atoms. The number of nitrogens with zero attached hydrogens (tertiary/aromatic N) is 1. The maximum atomic E-state index is 12.5. The summed E-state index contributed by atoms with van der Waals surface area (Å²) in [5.74, 6) is -1.79. The lowest BCUT2D eigenvalue weighted by Gasteiger charge is -2.17. The summed E-state index contributed by atoms with van der Waals surface area (Å²) in [4.78, 5) is 37.0. The van der Waals surface area contributed by atoms with Gasteiger partial charge in [0, 0.05) is 11.3 Å². The molecule has 1 saturated heterocycles. The number of carboxylic acid groups (broad SMARTS) is 1. The minimum absolute atomic E-state index is 0.0559. The van der Waals surface area contributed by atoms with E-state index in [1.807, 2.05) is 0 Å². The van der Waals surface area contributed by atoms with Gasteiger partial charge in [0.05, 0.1) is 11.7 Å². The van der Waals surface area contributed by atoms with Crippen LogP contribution in [0.2, 0.25) is 0 Å². The smallest absolute Gasteiger partial charge is 0.295 e. The summed E-state index contributed by atoms with van der Waals surface area (Å²) >= 11 is 0.811. The molecule has 1 N–H and O–H groups in total. The Bertz CT molecular complexity index is 823. The number of aryl methyl sites for hydroxylation is 1. The van der Waals surface area contributed by atoms with Gasteiger partial charge in [0.15, 0.2) is 5.37 Å². The van der Waals surface area contributed by atoms with Gasteiger partial charge in [-0.3, -0.25) is 9.59 Å². The molecule has 2 amide bonds. The summed E-state index contributed by atoms with van der Waals surface area (Å²) in [6, 6.07) is 13.2. The van der Waals surface area contributed by atoms with E-state index in [9.17, 15) is 19.5 Å². The first-order chi connectivity index (χ1) is 11.5. The van der Waals surface area contributed by atoms with Crippen molar-refractivity contribution in [2.75, 3.05) is 10.2 Å². The Hall–Kier alpha value is -2.80. The van der Waals surface area contributed by atoms with Gasteiger partial charge in [-0.2, -0.15) is 0 Å². The van der Waals surface area contributed by atoms with E-state index < -0.39 is 22.5 Å². The minimum atomic E-state index is -1.35. The van der Waals surface area contributed by atoms with Gasteiger partial charge in [-0.05, 0) is 42.4 Å². The number of carbonyl (C=O) groups is 3. The molecule has 2 aromatic rings. The van der Waals surface area contributed by atoms with Crippen LogP contribution in [0.3, 0.4) is 0 Å². The molecule has 0 aromatic heterocycles. The molecule has 1 heterocycles. The van der Waals surface area contributed by atoms with Crippen molar-refractivity contribution in [2.45, 2.75) is 12.3 Å². The lowest BCUT2D eigenvalue weighted by molar-refractivity contribution is -0.254. The Morgan fingerprint density at radius 3 is 2.54 bits per heavy atom. The third-order valence-electron chi connectivity index (χ3n) is 3.54. The number of hydrogen-bond donors (Lipinski definition) is 1. The monoisotopic (exact) mass is 341 g/mol. The summed E-state index contributed by atoms with van der Waals surface area (Å²) < 4.78 is 0. The van der Waals surface area contributed by atoms with Crippen molar-refractivity contribution in [3.05, 3.63) is 59.7 Å². The van der Waals surface area contributed by atoms with E-state index in [2.05, 4.69) is 5.32 Å². The Kier molecular flexibility index (Phi) is 4.26.